The van der Waals surface area contributed by atoms with Crippen LogP contribution in [-0.2, 0) is 18.7 Å². The van der Waals surface area contributed by atoms with Crippen molar-refractivity contribution in [1.29, 1.82) is 0 Å². The van der Waals surface area contributed by atoms with Crippen molar-refractivity contribution in [3.8, 4) is 11.4 Å². The zero-order valence-electron chi connectivity index (χ0n) is 16.0. The van der Waals surface area contributed by atoms with Crippen LogP contribution in [0, 0.1) is 0 Å². The third-order valence-electron chi connectivity index (χ3n) is 4.67. The molecule has 4 aromatic rings. The molecule has 0 radical (unpaired) electrons. The maximum absolute atomic E-state index is 4.50. The highest BCUT2D eigenvalue weighted by atomic mass is 32.2. The Morgan fingerprint density at radius 3 is 2.86 bits per heavy atom. The van der Waals surface area contributed by atoms with Crippen LogP contribution in [-0.4, -0.2) is 14.8 Å². The summed E-state index contributed by atoms with van der Waals surface area (Å²) >= 11 is 3.54. The molecule has 3 nitrogen and oxygen atoms in total. The lowest BCUT2D eigenvalue weighted by atomic mass is 10.1. The zero-order chi connectivity index (χ0) is 19.3. The van der Waals surface area contributed by atoms with E-state index in [1.165, 1.54) is 21.2 Å². The Morgan fingerprint density at radius 2 is 2.00 bits per heavy atom. The fourth-order valence-electron chi connectivity index (χ4n) is 3.34. The molecule has 2 aromatic heterocycles. The minimum absolute atomic E-state index is 0.708. The highest BCUT2D eigenvalue weighted by Crippen LogP contribution is 2.31. The zero-order valence-corrected chi connectivity index (χ0v) is 17.6. The average Bonchev–Trinajstić information content (AvgIpc) is 3.34. The van der Waals surface area contributed by atoms with Gasteiger partial charge in [0.1, 0.15) is 0 Å². The predicted octanol–water partition coefficient (Wildman–Crippen LogP) is 6.59. The Balaban J connectivity index is 1.60. The van der Waals surface area contributed by atoms with Crippen LogP contribution >= 0.6 is 23.1 Å². The Morgan fingerprint density at radius 1 is 1.14 bits per heavy atom. The van der Waals surface area contributed by atoms with Gasteiger partial charge in [0.25, 0.3) is 0 Å². The molecule has 0 spiro atoms. The Labute approximate surface area is 174 Å². The summed E-state index contributed by atoms with van der Waals surface area (Å²) in [7, 11) is 0. The predicted molar refractivity (Wildman–Crippen MR) is 121 cm³/mol. The molecule has 0 bridgehead atoms. The van der Waals surface area contributed by atoms with Gasteiger partial charge in [0.2, 0.25) is 0 Å². The molecule has 142 valence electrons. The Bertz CT molecular complexity index is 1090. The van der Waals surface area contributed by atoms with Crippen molar-refractivity contribution in [2.45, 2.75) is 37.2 Å². The fourth-order valence-corrected chi connectivity index (χ4v) is 5.26. The van der Waals surface area contributed by atoms with Gasteiger partial charge in [-0.1, -0.05) is 73.6 Å². The molecule has 28 heavy (non-hydrogen) atoms. The van der Waals surface area contributed by atoms with Crippen LogP contribution in [0.25, 0.3) is 22.2 Å². The molecule has 0 aliphatic heterocycles. The van der Waals surface area contributed by atoms with Crippen molar-refractivity contribution in [2.75, 3.05) is 0 Å². The highest BCUT2D eigenvalue weighted by molar-refractivity contribution is 7.98. The smallest absolute Gasteiger partial charge is 0.192 e. The maximum Gasteiger partial charge on any atom is 0.192 e. The van der Waals surface area contributed by atoms with E-state index in [-0.39, 0.29) is 0 Å². The van der Waals surface area contributed by atoms with E-state index >= 15 is 0 Å². The molecular weight excluding hydrogens is 382 g/mol. The van der Waals surface area contributed by atoms with Crippen molar-refractivity contribution in [2.24, 2.45) is 0 Å². The number of hydrogen-bond donors (Lipinski definition) is 0. The molecule has 0 atom stereocenters. The number of allylic oxidation sites excluding steroid dienone is 1. The minimum Gasteiger partial charge on any atom is -0.298 e. The molecule has 2 aromatic carbocycles. The van der Waals surface area contributed by atoms with Gasteiger partial charge < -0.3 is 0 Å². The first-order valence-electron chi connectivity index (χ1n) is 9.51. The molecule has 0 saturated carbocycles. The molecule has 0 N–H and O–H groups in total. The van der Waals surface area contributed by atoms with Crippen LogP contribution in [0.1, 0.15) is 23.8 Å². The van der Waals surface area contributed by atoms with E-state index in [0.29, 0.717) is 6.54 Å². The number of thiophene rings is 1. The monoisotopic (exact) mass is 405 g/mol. The lowest BCUT2D eigenvalue weighted by Gasteiger charge is -2.08. The van der Waals surface area contributed by atoms with Crippen molar-refractivity contribution >= 4 is 33.9 Å². The van der Waals surface area contributed by atoms with Crippen molar-refractivity contribution in [3.63, 3.8) is 0 Å². The molecule has 0 amide bonds. The summed E-state index contributed by atoms with van der Waals surface area (Å²) < 4.78 is 2.17. The number of nitrogens with zero attached hydrogens (tertiary/aromatic N) is 3. The van der Waals surface area contributed by atoms with Gasteiger partial charge in [-0.3, -0.25) is 4.57 Å². The first-order chi connectivity index (χ1) is 13.8. The van der Waals surface area contributed by atoms with Crippen LogP contribution in [0.3, 0.4) is 0 Å². The molecule has 0 aliphatic carbocycles. The Hall–Kier alpha value is -2.37. The summed E-state index contributed by atoms with van der Waals surface area (Å²) in [4.78, 5) is 1.40. The van der Waals surface area contributed by atoms with Crippen molar-refractivity contribution < 1.29 is 0 Å². The summed E-state index contributed by atoms with van der Waals surface area (Å²) in [5, 5.41) is 14.7. The lowest BCUT2D eigenvalue weighted by molar-refractivity contribution is 0.731. The van der Waals surface area contributed by atoms with E-state index in [1.54, 1.807) is 23.1 Å². The third kappa shape index (κ3) is 3.91. The summed E-state index contributed by atoms with van der Waals surface area (Å²) in [6.45, 7) is 6.84. The van der Waals surface area contributed by atoms with E-state index in [9.17, 15) is 0 Å². The van der Waals surface area contributed by atoms with Gasteiger partial charge in [-0.05, 0) is 28.8 Å². The first-order valence-corrected chi connectivity index (χ1v) is 11.4. The molecular formula is C23H23N3S2. The van der Waals surface area contributed by atoms with Crippen molar-refractivity contribution in [3.05, 3.63) is 77.0 Å². The van der Waals surface area contributed by atoms with E-state index < -0.39 is 0 Å². The molecule has 2 heterocycles. The standard InChI is InChI=1S/C23H23N3S2/c1-3-8-20-14-19(16-27-20)22-24-25-23(26(22)13-4-2)28-15-18-11-7-10-17-9-5-6-12-21(17)18/h4-7,9-12,14,16H,2-3,8,13,15H2,1H3. The number of aryl methyl sites for hydroxylation is 1. The number of hydrogen-bond acceptors (Lipinski definition) is 4. The average molecular weight is 406 g/mol. The van der Waals surface area contributed by atoms with Gasteiger partial charge in [-0.15, -0.1) is 28.1 Å². The van der Waals surface area contributed by atoms with Crippen LogP contribution in [0.2, 0.25) is 0 Å². The molecule has 0 fully saturated rings. The Kier molecular flexibility index (Phi) is 5.93. The number of thioether (sulfide) groups is 1. The van der Waals surface area contributed by atoms with Gasteiger partial charge in [0, 0.05) is 28.1 Å². The third-order valence-corrected chi connectivity index (χ3v) is 6.69. The first kappa shape index (κ1) is 19.0. The van der Waals surface area contributed by atoms with Gasteiger partial charge >= 0.3 is 0 Å². The topological polar surface area (TPSA) is 30.7 Å². The van der Waals surface area contributed by atoms with Crippen LogP contribution in [0.4, 0.5) is 0 Å². The van der Waals surface area contributed by atoms with Gasteiger partial charge in [-0.2, -0.15) is 0 Å². The number of fused-ring (bicyclic) bond motifs is 1. The van der Waals surface area contributed by atoms with Gasteiger partial charge in [-0.25, -0.2) is 0 Å². The second-order valence-corrected chi connectivity index (χ2v) is 8.62. The van der Waals surface area contributed by atoms with E-state index in [2.05, 4.69) is 82.2 Å². The number of rotatable bonds is 8. The maximum atomic E-state index is 4.50. The number of benzene rings is 2. The summed E-state index contributed by atoms with van der Waals surface area (Å²) in [6.07, 6.45) is 4.18. The highest BCUT2D eigenvalue weighted by Gasteiger charge is 2.15. The SMILES string of the molecule is C=CCn1c(SCc2cccc3ccccc23)nnc1-c1csc(CCC)c1. The quantitative estimate of drug-likeness (QED) is 0.245. The molecule has 0 aliphatic rings. The molecule has 5 heteroatoms. The van der Waals surface area contributed by atoms with Crippen LogP contribution in [0.15, 0.2) is 71.7 Å². The van der Waals surface area contributed by atoms with Gasteiger partial charge in [0.05, 0.1) is 0 Å². The summed E-state index contributed by atoms with van der Waals surface area (Å²) in [6, 6.07) is 17.2. The second-order valence-electron chi connectivity index (χ2n) is 6.68. The van der Waals surface area contributed by atoms with Crippen molar-refractivity contribution in [1.82, 2.24) is 14.8 Å². The van der Waals surface area contributed by atoms with Gasteiger partial charge in [0.15, 0.2) is 11.0 Å². The largest absolute Gasteiger partial charge is 0.298 e. The summed E-state index contributed by atoms with van der Waals surface area (Å²) in [5.74, 6) is 1.79. The molecule has 0 unspecified atom stereocenters. The minimum atomic E-state index is 0.708. The fraction of sp³-hybridized carbons (Fsp3) is 0.217. The van der Waals surface area contributed by atoms with E-state index in [4.69, 9.17) is 0 Å². The molecule has 0 saturated heterocycles. The van der Waals surface area contributed by atoms with E-state index in [1.807, 2.05) is 6.08 Å². The van der Waals surface area contributed by atoms with Crippen LogP contribution < -0.4 is 0 Å². The van der Waals surface area contributed by atoms with Crippen LogP contribution in [0.5, 0.6) is 0 Å². The summed E-state index contributed by atoms with van der Waals surface area (Å²) in [5.41, 5.74) is 2.47. The lowest BCUT2D eigenvalue weighted by Crippen LogP contribution is -2.00. The molecule has 4 rings (SSSR count). The second kappa shape index (κ2) is 8.76. The van der Waals surface area contributed by atoms with E-state index in [0.717, 1.165) is 35.1 Å². The number of aromatic nitrogens is 3. The normalized spacial score (nSPS) is 11.2.